The number of carbonyl (C=O) groups excluding carboxylic acids is 1. The molecule has 0 radical (unpaired) electrons. The van der Waals surface area contributed by atoms with Crippen LogP contribution < -0.4 is 5.32 Å². The molecule has 4 nitrogen and oxygen atoms in total. The number of nitrogens with one attached hydrogen (secondary N) is 1. The van der Waals surface area contributed by atoms with Gasteiger partial charge in [-0.1, -0.05) is 30.2 Å². The van der Waals surface area contributed by atoms with E-state index < -0.39 is 11.4 Å². The molecular formula is C13H14ClNO3. The van der Waals surface area contributed by atoms with E-state index in [4.69, 9.17) is 16.7 Å². The van der Waals surface area contributed by atoms with Crippen molar-refractivity contribution < 1.29 is 14.7 Å². The van der Waals surface area contributed by atoms with Gasteiger partial charge in [-0.3, -0.25) is 9.59 Å². The molecule has 1 aliphatic carbocycles. The van der Waals surface area contributed by atoms with Crippen LogP contribution in [0.25, 0.3) is 0 Å². The van der Waals surface area contributed by atoms with Crippen molar-refractivity contribution in [1.82, 2.24) is 0 Å². The van der Waals surface area contributed by atoms with Crippen LogP contribution in [0.15, 0.2) is 24.3 Å². The summed E-state index contributed by atoms with van der Waals surface area (Å²) < 4.78 is 0. The molecular weight excluding hydrogens is 254 g/mol. The summed E-state index contributed by atoms with van der Waals surface area (Å²) in [5, 5.41) is 12.2. The lowest BCUT2D eigenvalue weighted by Crippen LogP contribution is -2.41. The summed E-state index contributed by atoms with van der Waals surface area (Å²) in [6, 6.07) is 6.89. The molecule has 0 atom stereocenters. The lowest BCUT2D eigenvalue weighted by molar-refractivity contribution is -0.157. The van der Waals surface area contributed by atoms with Gasteiger partial charge in [0.15, 0.2) is 0 Å². The van der Waals surface area contributed by atoms with Gasteiger partial charge in [0.2, 0.25) is 5.91 Å². The Kier molecular flexibility index (Phi) is 3.57. The number of carboxylic acid groups (broad SMARTS) is 1. The lowest BCUT2D eigenvalue weighted by Gasteiger charge is -2.36. The molecule has 0 aromatic heterocycles. The first-order valence-electron chi connectivity index (χ1n) is 5.81. The van der Waals surface area contributed by atoms with Crippen molar-refractivity contribution >= 4 is 29.2 Å². The third kappa shape index (κ3) is 2.48. The Labute approximate surface area is 110 Å². The molecule has 1 aromatic rings. The predicted octanol–water partition coefficient (Wildman–Crippen LogP) is 2.92. The monoisotopic (exact) mass is 267 g/mol. The Morgan fingerprint density at radius 3 is 2.50 bits per heavy atom. The van der Waals surface area contributed by atoms with E-state index >= 15 is 0 Å². The number of aliphatic carboxylic acids is 1. The smallest absolute Gasteiger partial charge is 0.310 e. The zero-order valence-corrected chi connectivity index (χ0v) is 10.5. The van der Waals surface area contributed by atoms with Gasteiger partial charge in [-0.05, 0) is 25.0 Å². The van der Waals surface area contributed by atoms with Gasteiger partial charge in [-0.15, -0.1) is 0 Å². The molecule has 0 spiro atoms. The van der Waals surface area contributed by atoms with E-state index in [2.05, 4.69) is 5.32 Å². The van der Waals surface area contributed by atoms with Crippen molar-refractivity contribution in [3.8, 4) is 0 Å². The van der Waals surface area contributed by atoms with E-state index in [0.717, 1.165) is 6.42 Å². The number of para-hydroxylation sites is 1. The van der Waals surface area contributed by atoms with E-state index in [9.17, 15) is 9.59 Å². The summed E-state index contributed by atoms with van der Waals surface area (Å²) in [5.74, 6) is -1.19. The second-order valence-electron chi connectivity index (χ2n) is 4.64. The van der Waals surface area contributed by atoms with Gasteiger partial charge in [-0.2, -0.15) is 0 Å². The van der Waals surface area contributed by atoms with Gasteiger partial charge in [0.1, 0.15) is 0 Å². The van der Waals surface area contributed by atoms with Crippen LogP contribution in [-0.4, -0.2) is 17.0 Å². The van der Waals surface area contributed by atoms with Gasteiger partial charge in [0.05, 0.1) is 16.1 Å². The molecule has 2 rings (SSSR count). The molecule has 0 aliphatic heterocycles. The number of anilines is 1. The fourth-order valence-electron chi connectivity index (χ4n) is 2.13. The number of benzene rings is 1. The van der Waals surface area contributed by atoms with Gasteiger partial charge in [0.25, 0.3) is 0 Å². The highest BCUT2D eigenvalue weighted by molar-refractivity contribution is 6.33. The zero-order valence-electron chi connectivity index (χ0n) is 9.78. The first-order valence-corrected chi connectivity index (χ1v) is 6.19. The summed E-state index contributed by atoms with van der Waals surface area (Å²) >= 11 is 5.92. The highest BCUT2D eigenvalue weighted by Gasteiger charge is 2.45. The number of carboxylic acids is 1. The van der Waals surface area contributed by atoms with E-state index in [1.54, 1.807) is 24.3 Å². The van der Waals surface area contributed by atoms with E-state index in [1.165, 1.54) is 0 Å². The summed E-state index contributed by atoms with van der Waals surface area (Å²) in [4.78, 5) is 23.0. The van der Waals surface area contributed by atoms with Crippen LogP contribution in [0.1, 0.15) is 25.7 Å². The molecule has 5 heteroatoms. The Morgan fingerprint density at radius 2 is 2.00 bits per heavy atom. The maximum Gasteiger partial charge on any atom is 0.310 e. The Morgan fingerprint density at radius 1 is 1.33 bits per heavy atom. The Balaban J connectivity index is 2.01. The van der Waals surface area contributed by atoms with Crippen LogP contribution in [0.4, 0.5) is 5.69 Å². The molecule has 0 bridgehead atoms. The minimum Gasteiger partial charge on any atom is -0.481 e. The summed E-state index contributed by atoms with van der Waals surface area (Å²) in [7, 11) is 0. The molecule has 0 unspecified atom stereocenters. The summed E-state index contributed by atoms with van der Waals surface area (Å²) in [6.45, 7) is 0. The van der Waals surface area contributed by atoms with Crippen LogP contribution in [0.5, 0.6) is 0 Å². The fraction of sp³-hybridized carbons (Fsp3) is 0.385. The minimum absolute atomic E-state index is 0.00750. The van der Waals surface area contributed by atoms with Crippen molar-refractivity contribution in [2.24, 2.45) is 5.41 Å². The third-order valence-electron chi connectivity index (χ3n) is 3.41. The first kappa shape index (κ1) is 12.9. The molecule has 1 saturated carbocycles. The fourth-order valence-corrected chi connectivity index (χ4v) is 2.32. The van der Waals surface area contributed by atoms with Crippen LogP contribution in [0.3, 0.4) is 0 Å². The molecule has 1 fully saturated rings. The predicted molar refractivity (Wildman–Crippen MR) is 68.6 cm³/mol. The van der Waals surface area contributed by atoms with E-state index in [0.29, 0.717) is 23.6 Å². The number of amides is 1. The molecule has 1 aliphatic rings. The second kappa shape index (κ2) is 4.98. The summed E-state index contributed by atoms with van der Waals surface area (Å²) in [6.07, 6.45) is 2.01. The normalized spacial score (nSPS) is 16.7. The van der Waals surface area contributed by atoms with Gasteiger partial charge < -0.3 is 10.4 Å². The molecule has 96 valence electrons. The maximum atomic E-state index is 11.8. The molecule has 18 heavy (non-hydrogen) atoms. The average Bonchev–Trinajstić information content (AvgIpc) is 2.26. The van der Waals surface area contributed by atoms with Crippen LogP contribution in [0.2, 0.25) is 5.02 Å². The van der Waals surface area contributed by atoms with Crippen LogP contribution in [0, 0.1) is 5.41 Å². The number of rotatable bonds is 4. The molecule has 1 aromatic carbocycles. The lowest BCUT2D eigenvalue weighted by atomic mass is 9.66. The first-order chi connectivity index (χ1) is 8.53. The Hall–Kier alpha value is -1.55. The number of hydrogen-bond donors (Lipinski definition) is 2. The van der Waals surface area contributed by atoms with E-state index in [1.807, 2.05) is 0 Å². The molecule has 0 heterocycles. The largest absolute Gasteiger partial charge is 0.481 e. The molecule has 0 saturated heterocycles. The van der Waals surface area contributed by atoms with Crippen molar-refractivity contribution in [3.63, 3.8) is 0 Å². The van der Waals surface area contributed by atoms with Gasteiger partial charge >= 0.3 is 5.97 Å². The third-order valence-corrected chi connectivity index (χ3v) is 3.74. The second-order valence-corrected chi connectivity index (χ2v) is 5.05. The molecule has 2 N–H and O–H groups in total. The highest BCUT2D eigenvalue weighted by atomic mass is 35.5. The zero-order chi connectivity index (χ0) is 13.2. The SMILES string of the molecule is O=C(CC1(C(=O)O)CCC1)Nc1ccccc1Cl. The molecule has 1 amide bonds. The topological polar surface area (TPSA) is 66.4 Å². The van der Waals surface area contributed by atoms with Crippen molar-refractivity contribution in [1.29, 1.82) is 0 Å². The standard InChI is InChI=1S/C13H14ClNO3/c14-9-4-1-2-5-10(9)15-11(16)8-13(12(17)18)6-3-7-13/h1-2,4-5H,3,6-8H2,(H,15,16)(H,17,18). The quantitative estimate of drug-likeness (QED) is 0.881. The maximum absolute atomic E-state index is 11.8. The van der Waals surface area contributed by atoms with Gasteiger partial charge in [-0.25, -0.2) is 0 Å². The average molecular weight is 268 g/mol. The number of halogens is 1. The minimum atomic E-state index is -0.886. The van der Waals surface area contributed by atoms with Crippen LogP contribution >= 0.6 is 11.6 Å². The number of carbonyl (C=O) groups is 2. The van der Waals surface area contributed by atoms with Crippen molar-refractivity contribution in [3.05, 3.63) is 29.3 Å². The summed E-state index contributed by atoms with van der Waals surface area (Å²) in [5.41, 5.74) is -0.352. The van der Waals surface area contributed by atoms with Gasteiger partial charge in [0, 0.05) is 6.42 Å². The Bertz CT molecular complexity index is 483. The number of hydrogen-bond acceptors (Lipinski definition) is 2. The van der Waals surface area contributed by atoms with Crippen molar-refractivity contribution in [2.45, 2.75) is 25.7 Å². The highest BCUT2D eigenvalue weighted by Crippen LogP contribution is 2.44. The van der Waals surface area contributed by atoms with Crippen LogP contribution in [-0.2, 0) is 9.59 Å². The van der Waals surface area contributed by atoms with Crippen molar-refractivity contribution in [2.75, 3.05) is 5.32 Å². The van der Waals surface area contributed by atoms with E-state index in [-0.39, 0.29) is 12.3 Å².